The van der Waals surface area contributed by atoms with Crippen LogP contribution in [-0.2, 0) is 0 Å². The number of hydrogen-bond acceptors (Lipinski definition) is 3. The first-order chi connectivity index (χ1) is 9.13. The molecular weight excluding hydrogens is 276 g/mol. The van der Waals surface area contributed by atoms with Gasteiger partial charge in [-0.2, -0.15) is 0 Å². The van der Waals surface area contributed by atoms with Crippen LogP contribution in [-0.4, -0.2) is 11.0 Å². The average Bonchev–Trinajstić information content (AvgIpc) is 3.08. The third-order valence-electron chi connectivity index (χ3n) is 3.41. The number of nitrogens with zero attached hydrogens (tertiary/aromatic N) is 1. The summed E-state index contributed by atoms with van der Waals surface area (Å²) in [7, 11) is 0. The van der Waals surface area contributed by atoms with E-state index in [4.69, 9.17) is 11.6 Å². The molecule has 1 aliphatic carbocycles. The molecule has 19 heavy (non-hydrogen) atoms. The summed E-state index contributed by atoms with van der Waals surface area (Å²) < 4.78 is 0. The molecule has 2 nitrogen and oxygen atoms in total. The lowest BCUT2D eigenvalue weighted by atomic mass is 10.0. The predicted molar refractivity (Wildman–Crippen MR) is 81.0 cm³/mol. The second-order valence-corrected chi connectivity index (χ2v) is 6.53. The number of halogens is 1. The van der Waals surface area contributed by atoms with Gasteiger partial charge in [0, 0.05) is 22.1 Å². The predicted octanol–water partition coefficient (Wildman–Crippen LogP) is 4.25. The molecule has 2 aromatic rings. The Morgan fingerprint density at radius 2 is 2.16 bits per heavy atom. The van der Waals surface area contributed by atoms with Crippen molar-refractivity contribution >= 4 is 22.9 Å². The summed E-state index contributed by atoms with van der Waals surface area (Å²) in [6, 6.07) is 6.95. The van der Waals surface area contributed by atoms with Gasteiger partial charge in [0.05, 0.1) is 6.04 Å². The summed E-state index contributed by atoms with van der Waals surface area (Å²) in [6.45, 7) is 4.16. The Morgan fingerprint density at radius 1 is 1.37 bits per heavy atom. The molecule has 1 fully saturated rings. The summed E-state index contributed by atoms with van der Waals surface area (Å²) in [5.74, 6) is 0. The van der Waals surface area contributed by atoms with Crippen molar-refractivity contribution in [1.82, 2.24) is 10.3 Å². The van der Waals surface area contributed by atoms with E-state index in [1.165, 1.54) is 24.0 Å². The van der Waals surface area contributed by atoms with Crippen molar-refractivity contribution in [2.75, 3.05) is 0 Å². The maximum absolute atomic E-state index is 6.06. The van der Waals surface area contributed by atoms with E-state index in [9.17, 15) is 0 Å². The van der Waals surface area contributed by atoms with Gasteiger partial charge in [-0.25, -0.2) is 4.98 Å². The van der Waals surface area contributed by atoms with Crippen LogP contribution in [0.2, 0.25) is 5.02 Å². The number of aryl methyl sites for hydroxylation is 2. The maximum atomic E-state index is 6.06. The highest BCUT2D eigenvalue weighted by atomic mass is 35.5. The van der Waals surface area contributed by atoms with Crippen LogP contribution in [0.5, 0.6) is 0 Å². The zero-order valence-corrected chi connectivity index (χ0v) is 12.7. The lowest BCUT2D eigenvalue weighted by molar-refractivity contribution is 0.595. The van der Waals surface area contributed by atoms with E-state index in [1.54, 1.807) is 11.3 Å². The largest absolute Gasteiger partial charge is 0.301 e. The second kappa shape index (κ2) is 5.23. The fourth-order valence-electron chi connectivity index (χ4n) is 2.25. The summed E-state index contributed by atoms with van der Waals surface area (Å²) >= 11 is 7.78. The molecule has 1 heterocycles. The van der Waals surface area contributed by atoms with Crippen molar-refractivity contribution in [3.8, 4) is 0 Å². The smallest absolute Gasteiger partial charge is 0.114 e. The molecular formula is C15H17ClN2S. The van der Waals surface area contributed by atoms with Gasteiger partial charge in [0.1, 0.15) is 5.01 Å². The van der Waals surface area contributed by atoms with E-state index >= 15 is 0 Å². The van der Waals surface area contributed by atoms with E-state index < -0.39 is 0 Å². The zero-order valence-electron chi connectivity index (χ0n) is 11.1. The highest BCUT2D eigenvalue weighted by Crippen LogP contribution is 2.32. The number of thiazole rings is 1. The third-order valence-corrected chi connectivity index (χ3v) is 4.67. The fourth-order valence-corrected chi connectivity index (χ4v) is 3.35. The van der Waals surface area contributed by atoms with Gasteiger partial charge in [-0.05, 0) is 49.9 Å². The van der Waals surface area contributed by atoms with E-state index in [0.717, 1.165) is 15.7 Å². The molecule has 1 aliphatic rings. The molecule has 3 rings (SSSR count). The van der Waals surface area contributed by atoms with Crippen LogP contribution in [0.15, 0.2) is 23.6 Å². The fraction of sp³-hybridized carbons (Fsp3) is 0.400. The quantitative estimate of drug-likeness (QED) is 0.911. The molecule has 1 aromatic carbocycles. The monoisotopic (exact) mass is 292 g/mol. The van der Waals surface area contributed by atoms with Crippen molar-refractivity contribution in [3.05, 3.63) is 50.4 Å². The highest BCUT2D eigenvalue weighted by Gasteiger charge is 2.28. The summed E-state index contributed by atoms with van der Waals surface area (Å²) in [5.41, 5.74) is 3.60. The molecule has 0 aliphatic heterocycles. The minimum absolute atomic E-state index is 0.198. The lowest BCUT2D eigenvalue weighted by Gasteiger charge is -2.19. The molecule has 1 N–H and O–H groups in total. The SMILES string of the molecule is Cc1csc(C(NC2CC2)c2ccc(Cl)cc2C)n1. The summed E-state index contributed by atoms with van der Waals surface area (Å²) in [5, 5.41) is 7.76. The summed E-state index contributed by atoms with van der Waals surface area (Å²) in [6.07, 6.45) is 2.54. The number of aromatic nitrogens is 1. The topological polar surface area (TPSA) is 24.9 Å². The van der Waals surface area contributed by atoms with Crippen LogP contribution in [0, 0.1) is 13.8 Å². The van der Waals surface area contributed by atoms with E-state index in [-0.39, 0.29) is 6.04 Å². The third kappa shape index (κ3) is 2.99. The highest BCUT2D eigenvalue weighted by molar-refractivity contribution is 7.09. The van der Waals surface area contributed by atoms with Gasteiger partial charge in [-0.1, -0.05) is 17.7 Å². The normalized spacial score (nSPS) is 16.6. The Labute approximate surface area is 122 Å². The Balaban J connectivity index is 1.97. The van der Waals surface area contributed by atoms with Gasteiger partial charge < -0.3 is 5.32 Å². The molecule has 0 amide bonds. The van der Waals surface area contributed by atoms with Gasteiger partial charge in [-0.3, -0.25) is 0 Å². The standard InChI is InChI=1S/C15H17ClN2S/c1-9-7-11(16)3-6-13(9)14(18-12-4-5-12)15-17-10(2)8-19-15/h3,6-8,12,14,18H,4-5H2,1-2H3. The van der Waals surface area contributed by atoms with Crippen LogP contribution in [0.4, 0.5) is 0 Å². The molecule has 1 atom stereocenters. The average molecular weight is 293 g/mol. The Kier molecular flexibility index (Phi) is 3.61. The molecule has 0 radical (unpaired) electrons. The molecule has 4 heteroatoms. The van der Waals surface area contributed by atoms with Crippen LogP contribution >= 0.6 is 22.9 Å². The minimum Gasteiger partial charge on any atom is -0.301 e. The molecule has 100 valence electrons. The van der Waals surface area contributed by atoms with Gasteiger partial charge in [0.2, 0.25) is 0 Å². The van der Waals surface area contributed by atoms with Gasteiger partial charge in [0.25, 0.3) is 0 Å². The van der Waals surface area contributed by atoms with Crippen LogP contribution in [0.1, 0.15) is 40.7 Å². The maximum Gasteiger partial charge on any atom is 0.114 e. The molecule has 0 saturated heterocycles. The van der Waals surface area contributed by atoms with Gasteiger partial charge in [-0.15, -0.1) is 11.3 Å². The van der Waals surface area contributed by atoms with Gasteiger partial charge in [0.15, 0.2) is 0 Å². The van der Waals surface area contributed by atoms with E-state index in [1.807, 2.05) is 19.1 Å². The minimum atomic E-state index is 0.198. The second-order valence-electron chi connectivity index (χ2n) is 5.20. The summed E-state index contributed by atoms with van der Waals surface area (Å²) in [4.78, 5) is 4.65. The number of benzene rings is 1. The Hall–Kier alpha value is -0.900. The first-order valence-electron chi connectivity index (χ1n) is 6.57. The van der Waals surface area contributed by atoms with Crippen molar-refractivity contribution in [2.45, 2.75) is 38.8 Å². The van der Waals surface area contributed by atoms with E-state index in [2.05, 4.69) is 28.7 Å². The number of hydrogen-bond donors (Lipinski definition) is 1. The molecule has 1 unspecified atom stereocenters. The Morgan fingerprint density at radius 3 is 2.74 bits per heavy atom. The lowest BCUT2D eigenvalue weighted by Crippen LogP contribution is -2.25. The van der Waals surface area contributed by atoms with Crippen molar-refractivity contribution in [3.63, 3.8) is 0 Å². The molecule has 0 bridgehead atoms. The van der Waals surface area contributed by atoms with Crippen molar-refractivity contribution < 1.29 is 0 Å². The van der Waals surface area contributed by atoms with Gasteiger partial charge >= 0.3 is 0 Å². The van der Waals surface area contributed by atoms with Crippen LogP contribution < -0.4 is 5.32 Å². The molecule has 1 aromatic heterocycles. The first-order valence-corrected chi connectivity index (χ1v) is 7.83. The first kappa shape index (κ1) is 13.1. The molecule has 0 spiro atoms. The zero-order chi connectivity index (χ0) is 13.4. The Bertz CT molecular complexity index is 590. The molecule has 1 saturated carbocycles. The van der Waals surface area contributed by atoms with Crippen LogP contribution in [0.25, 0.3) is 0 Å². The van der Waals surface area contributed by atoms with Crippen molar-refractivity contribution in [2.24, 2.45) is 0 Å². The van der Waals surface area contributed by atoms with Crippen LogP contribution in [0.3, 0.4) is 0 Å². The van der Waals surface area contributed by atoms with E-state index in [0.29, 0.717) is 6.04 Å². The number of rotatable bonds is 4. The van der Waals surface area contributed by atoms with Crippen molar-refractivity contribution in [1.29, 1.82) is 0 Å². The number of nitrogens with one attached hydrogen (secondary N) is 1.